The predicted molar refractivity (Wildman–Crippen MR) is 108 cm³/mol. The Hall–Kier alpha value is -2.63. The summed E-state index contributed by atoms with van der Waals surface area (Å²) in [6, 6.07) is 13.4. The van der Waals surface area contributed by atoms with Gasteiger partial charge in [-0.25, -0.2) is 9.78 Å². The van der Waals surface area contributed by atoms with E-state index in [-0.39, 0.29) is 0 Å². The Balaban J connectivity index is 1.71. The number of nitrogens with zero attached hydrogens (tertiary/aromatic N) is 1. The van der Waals surface area contributed by atoms with Gasteiger partial charge in [0.1, 0.15) is 10.0 Å². The van der Waals surface area contributed by atoms with E-state index in [1.807, 2.05) is 12.1 Å². The Bertz CT molecular complexity index is 1160. The topological polar surface area (TPSA) is 55.1 Å². The maximum atomic E-state index is 12.4. The Kier molecular flexibility index (Phi) is 4.26. The molecule has 6 heteroatoms. The molecule has 4 nitrogen and oxygen atoms in total. The lowest BCUT2D eigenvalue weighted by Gasteiger charge is -2.05. The molecule has 2 aromatic carbocycles. The molecule has 4 rings (SSSR count). The second-order valence-corrected chi connectivity index (χ2v) is 7.57. The smallest absolute Gasteiger partial charge is 0.346 e. The van der Waals surface area contributed by atoms with Crippen molar-refractivity contribution in [3.8, 4) is 10.6 Å². The normalized spacial score (nSPS) is 11.0. The van der Waals surface area contributed by atoms with E-state index >= 15 is 0 Å². The van der Waals surface area contributed by atoms with Gasteiger partial charge in [-0.1, -0.05) is 41.1 Å². The van der Waals surface area contributed by atoms with Crippen molar-refractivity contribution in [1.29, 1.82) is 0 Å². The number of hydrogen-bond donors (Lipinski definition) is 1. The fraction of sp³-hybridized carbons (Fsp3) is 0.100. The number of hydrogen-bond acceptors (Lipinski definition) is 5. The van der Waals surface area contributed by atoms with Gasteiger partial charge < -0.3 is 9.73 Å². The number of halogens is 1. The van der Waals surface area contributed by atoms with Gasteiger partial charge in [-0.2, -0.15) is 0 Å². The number of anilines is 2. The van der Waals surface area contributed by atoms with E-state index in [1.54, 1.807) is 18.3 Å². The molecule has 0 unspecified atom stereocenters. The van der Waals surface area contributed by atoms with E-state index in [0.29, 0.717) is 21.2 Å². The summed E-state index contributed by atoms with van der Waals surface area (Å²) >= 11 is 7.50. The van der Waals surface area contributed by atoms with E-state index in [9.17, 15) is 4.79 Å². The third kappa shape index (κ3) is 3.23. The van der Waals surface area contributed by atoms with E-state index in [4.69, 9.17) is 16.0 Å². The molecule has 0 spiro atoms. The fourth-order valence-electron chi connectivity index (χ4n) is 2.90. The number of fused-ring (bicyclic) bond motifs is 1. The number of para-hydroxylation sites is 1. The molecule has 0 radical (unpaired) electrons. The lowest BCUT2D eigenvalue weighted by Crippen LogP contribution is -2.02. The zero-order chi connectivity index (χ0) is 18.3. The SMILES string of the molecule is Cc1cc(C)cc(Nc2cnc(-c3cc4cccc(Cl)c4oc3=O)s2)c1. The quantitative estimate of drug-likeness (QED) is 0.446. The number of rotatable bonds is 3. The highest BCUT2D eigenvalue weighted by molar-refractivity contribution is 7.19. The Labute approximate surface area is 159 Å². The first-order valence-corrected chi connectivity index (χ1v) is 9.23. The van der Waals surface area contributed by atoms with Crippen LogP contribution in [0, 0.1) is 13.8 Å². The van der Waals surface area contributed by atoms with Crippen molar-refractivity contribution in [2.45, 2.75) is 13.8 Å². The van der Waals surface area contributed by atoms with Crippen LogP contribution >= 0.6 is 22.9 Å². The summed E-state index contributed by atoms with van der Waals surface area (Å²) in [4.78, 5) is 16.7. The Morgan fingerprint density at radius 2 is 1.88 bits per heavy atom. The molecule has 0 aliphatic carbocycles. The second-order valence-electron chi connectivity index (χ2n) is 6.14. The molecule has 0 bridgehead atoms. The van der Waals surface area contributed by atoms with Crippen molar-refractivity contribution < 1.29 is 4.42 Å². The van der Waals surface area contributed by atoms with Crippen LogP contribution in [0.5, 0.6) is 0 Å². The van der Waals surface area contributed by atoms with Crippen LogP contribution in [0.4, 0.5) is 10.7 Å². The minimum absolute atomic E-state index is 0.396. The van der Waals surface area contributed by atoms with Gasteiger partial charge in [0.05, 0.1) is 16.8 Å². The molecular formula is C20H15ClN2O2S. The van der Waals surface area contributed by atoms with Crippen molar-refractivity contribution in [2.24, 2.45) is 0 Å². The number of aromatic nitrogens is 1. The third-order valence-corrected chi connectivity index (χ3v) is 5.18. The minimum atomic E-state index is -0.446. The summed E-state index contributed by atoms with van der Waals surface area (Å²) in [7, 11) is 0. The maximum absolute atomic E-state index is 12.4. The van der Waals surface area contributed by atoms with Crippen molar-refractivity contribution in [3.63, 3.8) is 0 Å². The standard InChI is InChI=1S/C20H15ClN2O2S/c1-11-6-12(2)8-14(7-11)23-17-10-22-19(26-17)15-9-13-4-3-5-16(21)18(13)25-20(15)24/h3-10,23H,1-2H3. The summed E-state index contributed by atoms with van der Waals surface area (Å²) in [5.41, 5.74) is 3.74. The van der Waals surface area contributed by atoms with E-state index in [1.165, 1.54) is 22.5 Å². The number of thiazole rings is 1. The fourth-order valence-corrected chi connectivity index (χ4v) is 3.96. The molecule has 0 saturated carbocycles. The van der Waals surface area contributed by atoms with Crippen LogP contribution < -0.4 is 10.9 Å². The van der Waals surface area contributed by atoms with Crippen LogP contribution in [0.15, 0.2) is 57.9 Å². The average Bonchev–Trinajstić information content (AvgIpc) is 3.02. The highest BCUT2D eigenvalue weighted by atomic mass is 35.5. The third-order valence-electron chi connectivity index (χ3n) is 3.94. The first-order valence-electron chi connectivity index (χ1n) is 8.03. The van der Waals surface area contributed by atoms with Gasteiger partial charge in [-0.05, 0) is 49.2 Å². The molecule has 4 aromatic rings. The van der Waals surface area contributed by atoms with Gasteiger partial charge in [-0.15, -0.1) is 0 Å². The molecule has 2 aromatic heterocycles. The van der Waals surface area contributed by atoms with Crippen molar-refractivity contribution in [1.82, 2.24) is 4.98 Å². The Morgan fingerprint density at radius 1 is 1.12 bits per heavy atom. The first kappa shape index (κ1) is 16.8. The van der Waals surface area contributed by atoms with Crippen molar-refractivity contribution in [2.75, 3.05) is 5.32 Å². The minimum Gasteiger partial charge on any atom is -0.421 e. The molecule has 1 N–H and O–H groups in total. The van der Waals surface area contributed by atoms with Crippen molar-refractivity contribution in [3.05, 3.63) is 75.2 Å². The molecule has 0 aliphatic heterocycles. The highest BCUT2D eigenvalue weighted by Crippen LogP contribution is 2.31. The molecule has 0 saturated heterocycles. The van der Waals surface area contributed by atoms with Gasteiger partial charge in [0, 0.05) is 11.1 Å². The molecule has 0 atom stereocenters. The highest BCUT2D eigenvalue weighted by Gasteiger charge is 2.13. The van der Waals surface area contributed by atoms with Crippen LogP contribution in [0.3, 0.4) is 0 Å². The molecule has 26 heavy (non-hydrogen) atoms. The lowest BCUT2D eigenvalue weighted by atomic mass is 10.1. The summed E-state index contributed by atoms with van der Waals surface area (Å²) in [6.07, 6.45) is 1.72. The summed E-state index contributed by atoms with van der Waals surface area (Å²) < 4.78 is 5.40. The molecular weight excluding hydrogens is 368 g/mol. The van der Waals surface area contributed by atoms with E-state index in [2.05, 4.69) is 42.3 Å². The number of nitrogens with one attached hydrogen (secondary N) is 1. The maximum Gasteiger partial charge on any atom is 0.346 e. The van der Waals surface area contributed by atoms with Crippen LogP contribution in [-0.4, -0.2) is 4.98 Å². The van der Waals surface area contributed by atoms with Crippen molar-refractivity contribution >= 4 is 44.6 Å². The first-order chi connectivity index (χ1) is 12.5. The Morgan fingerprint density at radius 3 is 2.65 bits per heavy atom. The van der Waals surface area contributed by atoms with E-state index < -0.39 is 5.63 Å². The van der Waals surface area contributed by atoms with Crippen LogP contribution in [0.25, 0.3) is 21.5 Å². The zero-order valence-corrected chi connectivity index (χ0v) is 15.7. The lowest BCUT2D eigenvalue weighted by molar-refractivity contribution is 0.563. The van der Waals surface area contributed by atoms with Gasteiger partial charge in [-0.3, -0.25) is 0 Å². The zero-order valence-electron chi connectivity index (χ0n) is 14.2. The predicted octanol–water partition coefficient (Wildman–Crippen LogP) is 5.93. The molecule has 0 aliphatic rings. The number of aryl methyl sites for hydroxylation is 2. The average molecular weight is 383 g/mol. The summed E-state index contributed by atoms with van der Waals surface area (Å²) in [5.74, 6) is 0. The van der Waals surface area contributed by atoms with Crippen LogP contribution in [-0.2, 0) is 0 Å². The van der Waals surface area contributed by atoms with Gasteiger partial charge in [0.15, 0.2) is 5.58 Å². The summed E-state index contributed by atoms with van der Waals surface area (Å²) in [6.45, 7) is 4.11. The van der Waals surface area contributed by atoms with Crippen LogP contribution in [0.1, 0.15) is 11.1 Å². The monoisotopic (exact) mass is 382 g/mol. The molecule has 0 fully saturated rings. The molecule has 0 amide bonds. The van der Waals surface area contributed by atoms with Gasteiger partial charge in [0.25, 0.3) is 0 Å². The van der Waals surface area contributed by atoms with Crippen LogP contribution in [0.2, 0.25) is 5.02 Å². The number of benzene rings is 2. The summed E-state index contributed by atoms with van der Waals surface area (Å²) in [5, 5.41) is 5.99. The molecule has 2 heterocycles. The second kappa shape index (κ2) is 6.59. The van der Waals surface area contributed by atoms with Gasteiger partial charge >= 0.3 is 5.63 Å². The largest absolute Gasteiger partial charge is 0.421 e. The molecule has 130 valence electrons. The van der Waals surface area contributed by atoms with Gasteiger partial charge in [0.2, 0.25) is 0 Å². The van der Waals surface area contributed by atoms with E-state index in [0.717, 1.165) is 16.1 Å².